The summed E-state index contributed by atoms with van der Waals surface area (Å²) in [5.41, 5.74) is 1.58. The van der Waals surface area contributed by atoms with Crippen molar-refractivity contribution in [3.63, 3.8) is 0 Å². The molecule has 0 fully saturated rings. The molecule has 0 bridgehead atoms. The SMILES string of the molecule is O=C(COc1c(Cl)cc(C=Nn2c(-c3cc4cc(Br)ccc4o3)nc3ccccc3c2=O)cc1Cl)Nc1ccc(F)cc1. The summed E-state index contributed by atoms with van der Waals surface area (Å²) < 4.78 is 26.7. The molecule has 2 heterocycles. The van der Waals surface area contributed by atoms with Crippen molar-refractivity contribution in [1.29, 1.82) is 0 Å². The number of aromatic nitrogens is 2. The van der Waals surface area contributed by atoms with Gasteiger partial charge in [0.1, 0.15) is 11.4 Å². The number of furan rings is 1. The van der Waals surface area contributed by atoms with Crippen molar-refractivity contribution < 1.29 is 18.3 Å². The molecule has 0 radical (unpaired) electrons. The lowest BCUT2D eigenvalue weighted by Gasteiger charge is -2.11. The number of benzene rings is 4. The molecule has 8 nitrogen and oxygen atoms in total. The van der Waals surface area contributed by atoms with E-state index in [4.69, 9.17) is 32.4 Å². The summed E-state index contributed by atoms with van der Waals surface area (Å²) in [7, 11) is 0. The van der Waals surface area contributed by atoms with E-state index in [9.17, 15) is 14.0 Å². The van der Waals surface area contributed by atoms with Crippen molar-refractivity contribution in [3.8, 4) is 17.3 Å². The fourth-order valence-corrected chi connectivity index (χ4v) is 5.29. The van der Waals surface area contributed by atoms with E-state index >= 15 is 0 Å². The maximum absolute atomic E-state index is 13.5. The Kier molecular flexibility index (Phi) is 7.98. The quantitative estimate of drug-likeness (QED) is 0.173. The highest BCUT2D eigenvalue weighted by atomic mass is 79.9. The molecule has 214 valence electrons. The molecule has 0 aliphatic rings. The molecule has 0 aliphatic carbocycles. The monoisotopic (exact) mass is 678 g/mol. The van der Waals surface area contributed by atoms with Crippen molar-refractivity contribution in [1.82, 2.24) is 9.66 Å². The number of hydrogen-bond acceptors (Lipinski definition) is 6. The maximum atomic E-state index is 13.5. The van der Waals surface area contributed by atoms with Gasteiger partial charge in [0.2, 0.25) is 5.82 Å². The number of carbonyl (C=O) groups excluding carboxylic acids is 1. The molecule has 6 rings (SSSR count). The van der Waals surface area contributed by atoms with Crippen molar-refractivity contribution in [2.45, 2.75) is 0 Å². The Balaban J connectivity index is 1.29. The molecule has 0 unspecified atom stereocenters. The van der Waals surface area contributed by atoms with Gasteiger partial charge in [-0.05, 0) is 78.4 Å². The van der Waals surface area contributed by atoms with Crippen LogP contribution in [0.3, 0.4) is 0 Å². The van der Waals surface area contributed by atoms with Crippen molar-refractivity contribution >= 4 is 78.8 Å². The molecule has 0 spiro atoms. The Morgan fingerprint density at radius 2 is 1.79 bits per heavy atom. The average molecular weight is 680 g/mol. The van der Waals surface area contributed by atoms with E-state index in [1.807, 2.05) is 18.2 Å². The van der Waals surface area contributed by atoms with Crippen molar-refractivity contribution in [3.05, 3.63) is 121 Å². The third-order valence-corrected chi connectivity index (χ3v) is 7.33. The first-order valence-corrected chi connectivity index (χ1v) is 14.2. The molecule has 0 saturated carbocycles. The highest BCUT2D eigenvalue weighted by Gasteiger charge is 2.17. The molecule has 0 atom stereocenters. The van der Waals surface area contributed by atoms with Gasteiger partial charge in [0.15, 0.2) is 18.1 Å². The second-order valence-corrected chi connectivity index (χ2v) is 11.0. The Bertz CT molecular complexity index is 2090. The number of nitrogens with one attached hydrogen (secondary N) is 1. The minimum absolute atomic E-state index is 0.0911. The summed E-state index contributed by atoms with van der Waals surface area (Å²) >= 11 is 16.3. The van der Waals surface area contributed by atoms with Gasteiger partial charge in [-0.3, -0.25) is 9.59 Å². The van der Waals surface area contributed by atoms with Gasteiger partial charge in [-0.15, -0.1) is 0 Å². The number of para-hydroxylation sites is 1. The van der Waals surface area contributed by atoms with Crippen LogP contribution in [0.1, 0.15) is 5.56 Å². The number of ether oxygens (including phenoxy) is 1. The Morgan fingerprint density at radius 1 is 1.05 bits per heavy atom. The van der Waals surface area contributed by atoms with Gasteiger partial charge in [-0.1, -0.05) is 51.3 Å². The van der Waals surface area contributed by atoms with Gasteiger partial charge in [0, 0.05) is 15.5 Å². The second-order valence-electron chi connectivity index (χ2n) is 9.26. The summed E-state index contributed by atoms with van der Waals surface area (Å²) in [4.78, 5) is 30.5. The van der Waals surface area contributed by atoms with Crippen LogP contribution in [0.15, 0.2) is 104 Å². The molecule has 0 aliphatic heterocycles. The fraction of sp³-hybridized carbons (Fsp3) is 0.0323. The van der Waals surface area contributed by atoms with Crippen LogP contribution in [0.2, 0.25) is 10.0 Å². The van der Waals surface area contributed by atoms with Gasteiger partial charge < -0.3 is 14.5 Å². The van der Waals surface area contributed by atoms with Crippen LogP contribution in [0, 0.1) is 5.82 Å². The largest absolute Gasteiger partial charge is 0.481 e. The zero-order valence-electron chi connectivity index (χ0n) is 21.9. The van der Waals surface area contributed by atoms with Gasteiger partial charge in [0.25, 0.3) is 11.5 Å². The van der Waals surface area contributed by atoms with E-state index in [-0.39, 0.29) is 28.2 Å². The van der Waals surface area contributed by atoms with E-state index in [2.05, 4.69) is 31.3 Å². The summed E-state index contributed by atoms with van der Waals surface area (Å²) in [5.74, 6) is -0.257. The molecule has 4 aromatic carbocycles. The molecule has 2 aromatic heterocycles. The summed E-state index contributed by atoms with van der Waals surface area (Å²) in [6.07, 6.45) is 1.41. The summed E-state index contributed by atoms with van der Waals surface area (Å²) in [6.45, 7) is -0.389. The number of amides is 1. The molecule has 0 saturated heterocycles. The maximum Gasteiger partial charge on any atom is 0.282 e. The smallest absolute Gasteiger partial charge is 0.282 e. The molecule has 12 heteroatoms. The standard InChI is InChI=1S/C31H18BrCl2FN4O4/c32-19-5-10-26-18(13-19)14-27(43-26)30-38-25-4-2-1-3-22(25)31(41)39(30)36-15-17-11-23(33)29(24(34)12-17)42-16-28(40)37-21-8-6-20(35)7-9-21/h1-15H,16H2,(H,37,40). The van der Waals surface area contributed by atoms with Crippen LogP contribution in [-0.2, 0) is 4.79 Å². The van der Waals surface area contributed by atoms with Gasteiger partial charge >= 0.3 is 0 Å². The zero-order valence-corrected chi connectivity index (χ0v) is 25.0. The van der Waals surface area contributed by atoms with Crippen LogP contribution in [0.25, 0.3) is 33.5 Å². The van der Waals surface area contributed by atoms with Crippen LogP contribution in [0.5, 0.6) is 5.75 Å². The highest BCUT2D eigenvalue weighted by molar-refractivity contribution is 9.10. The molecule has 1 amide bonds. The van der Waals surface area contributed by atoms with E-state index in [0.717, 1.165) is 14.5 Å². The molecule has 43 heavy (non-hydrogen) atoms. The Hall–Kier alpha value is -4.51. The van der Waals surface area contributed by atoms with Crippen LogP contribution in [-0.4, -0.2) is 28.4 Å². The number of anilines is 1. The number of fused-ring (bicyclic) bond motifs is 2. The first kappa shape index (κ1) is 28.6. The Morgan fingerprint density at radius 3 is 2.56 bits per heavy atom. The highest BCUT2D eigenvalue weighted by Crippen LogP contribution is 2.34. The van der Waals surface area contributed by atoms with Crippen molar-refractivity contribution in [2.24, 2.45) is 5.10 Å². The van der Waals surface area contributed by atoms with E-state index in [0.29, 0.717) is 33.5 Å². The van der Waals surface area contributed by atoms with E-state index < -0.39 is 17.3 Å². The lowest BCUT2D eigenvalue weighted by atomic mass is 10.2. The van der Waals surface area contributed by atoms with Crippen LogP contribution >= 0.6 is 39.1 Å². The third-order valence-electron chi connectivity index (χ3n) is 6.27. The van der Waals surface area contributed by atoms with E-state index in [1.54, 1.807) is 30.3 Å². The minimum atomic E-state index is -0.488. The third kappa shape index (κ3) is 6.17. The van der Waals surface area contributed by atoms with Gasteiger partial charge in [-0.2, -0.15) is 9.78 Å². The minimum Gasteiger partial charge on any atom is -0.481 e. The number of carbonyl (C=O) groups is 1. The number of rotatable bonds is 7. The predicted molar refractivity (Wildman–Crippen MR) is 169 cm³/mol. The normalized spacial score (nSPS) is 11.4. The lowest BCUT2D eigenvalue weighted by molar-refractivity contribution is -0.118. The molecular weight excluding hydrogens is 662 g/mol. The number of hydrogen-bond donors (Lipinski definition) is 1. The molecular formula is C31H18BrCl2FN4O4. The molecule has 1 N–H and O–H groups in total. The average Bonchev–Trinajstić information content (AvgIpc) is 3.40. The van der Waals surface area contributed by atoms with Crippen molar-refractivity contribution in [2.75, 3.05) is 11.9 Å². The molecule has 6 aromatic rings. The topological polar surface area (TPSA) is 98.7 Å². The first-order chi connectivity index (χ1) is 20.7. The number of nitrogens with zero attached hydrogens (tertiary/aromatic N) is 3. The van der Waals surface area contributed by atoms with Gasteiger partial charge in [-0.25, -0.2) is 9.37 Å². The van der Waals surface area contributed by atoms with E-state index in [1.165, 1.54) is 42.6 Å². The van der Waals surface area contributed by atoms with Crippen LogP contribution in [0.4, 0.5) is 10.1 Å². The van der Waals surface area contributed by atoms with Gasteiger partial charge in [0.05, 0.1) is 27.2 Å². The summed E-state index contributed by atoms with van der Waals surface area (Å²) in [6, 6.07) is 22.7. The second kappa shape index (κ2) is 12.0. The Labute approximate surface area is 261 Å². The van der Waals surface area contributed by atoms with Crippen LogP contribution < -0.4 is 15.6 Å². The first-order valence-electron chi connectivity index (χ1n) is 12.7. The lowest BCUT2D eigenvalue weighted by Crippen LogP contribution is -2.20. The predicted octanol–water partition coefficient (Wildman–Crippen LogP) is 7.92. The number of halogens is 4. The summed E-state index contributed by atoms with van der Waals surface area (Å²) in [5, 5.41) is 8.46. The fourth-order valence-electron chi connectivity index (χ4n) is 4.30. The zero-order chi connectivity index (χ0) is 30.1.